The molecule has 0 bridgehead atoms. The molecule has 0 heterocycles. The Bertz CT molecular complexity index is 1490. The predicted molar refractivity (Wildman–Crippen MR) is 140 cm³/mol. The molecule has 0 radical (unpaired) electrons. The highest BCUT2D eigenvalue weighted by atomic mass is 32.2. The van der Waals surface area contributed by atoms with Gasteiger partial charge in [0.25, 0.3) is 5.91 Å². The van der Waals surface area contributed by atoms with Gasteiger partial charge in [-0.15, -0.1) is 0 Å². The van der Waals surface area contributed by atoms with Crippen LogP contribution in [-0.4, -0.2) is 31.4 Å². The quantitative estimate of drug-likeness (QED) is 0.291. The van der Waals surface area contributed by atoms with E-state index in [0.717, 1.165) is 27.5 Å². The van der Waals surface area contributed by atoms with Crippen LogP contribution in [0.25, 0.3) is 10.8 Å². The zero-order valence-electron chi connectivity index (χ0n) is 19.9. The largest absolute Gasteiger partial charge is 0.271 e. The maximum atomic E-state index is 12.8. The van der Waals surface area contributed by atoms with Gasteiger partial charge in [0.1, 0.15) is 0 Å². The minimum absolute atomic E-state index is 0.192. The fraction of sp³-hybridized carbons (Fsp3) is 0.143. The van der Waals surface area contributed by atoms with Gasteiger partial charge in [0.2, 0.25) is 10.0 Å². The Balaban J connectivity index is 1.40. The fourth-order valence-corrected chi connectivity index (χ4v) is 4.83. The van der Waals surface area contributed by atoms with Crippen molar-refractivity contribution in [2.45, 2.75) is 25.3 Å². The molecule has 35 heavy (non-hydrogen) atoms. The van der Waals surface area contributed by atoms with E-state index in [0.29, 0.717) is 11.3 Å². The highest BCUT2D eigenvalue weighted by molar-refractivity contribution is 7.89. The van der Waals surface area contributed by atoms with Crippen LogP contribution in [0.1, 0.15) is 34.0 Å². The first kappa shape index (κ1) is 24.3. The second kappa shape index (κ2) is 10.2. The lowest BCUT2D eigenvalue weighted by molar-refractivity contribution is 0.0955. The molecular weight excluding hydrogens is 458 g/mol. The molecule has 0 atom stereocenters. The van der Waals surface area contributed by atoms with Crippen LogP contribution < -0.4 is 5.43 Å². The van der Waals surface area contributed by atoms with Gasteiger partial charge >= 0.3 is 0 Å². The van der Waals surface area contributed by atoms with Crippen LogP contribution in [0.5, 0.6) is 0 Å². The zero-order valence-corrected chi connectivity index (χ0v) is 20.7. The normalized spacial score (nSPS) is 12.2. The second-order valence-electron chi connectivity index (χ2n) is 8.47. The maximum absolute atomic E-state index is 12.8. The molecule has 4 rings (SSSR count). The van der Waals surface area contributed by atoms with E-state index in [1.165, 1.54) is 4.31 Å². The molecule has 0 aliphatic heterocycles. The molecular formula is C28H27N3O3S. The number of aryl methyl sites for hydroxylation is 1. The Morgan fingerprint density at radius 2 is 1.49 bits per heavy atom. The molecule has 0 saturated heterocycles. The van der Waals surface area contributed by atoms with Crippen molar-refractivity contribution < 1.29 is 13.2 Å². The van der Waals surface area contributed by atoms with Gasteiger partial charge in [-0.1, -0.05) is 66.2 Å². The van der Waals surface area contributed by atoms with Crippen LogP contribution >= 0.6 is 0 Å². The smallest absolute Gasteiger partial charge is 0.267 e. The molecule has 7 heteroatoms. The van der Waals surface area contributed by atoms with Gasteiger partial charge in [-0.3, -0.25) is 4.79 Å². The Morgan fingerprint density at radius 3 is 2.17 bits per heavy atom. The summed E-state index contributed by atoms with van der Waals surface area (Å²) in [5.74, 6) is -0.336. The van der Waals surface area contributed by atoms with Gasteiger partial charge in [0, 0.05) is 19.2 Å². The van der Waals surface area contributed by atoms with Crippen molar-refractivity contribution in [1.29, 1.82) is 0 Å². The highest BCUT2D eigenvalue weighted by Gasteiger charge is 2.20. The number of benzene rings is 4. The predicted octanol–water partition coefficient (Wildman–Crippen LogP) is 5.12. The number of hydrogen-bond donors (Lipinski definition) is 1. The first-order valence-electron chi connectivity index (χ1n) is 11.2. The van der Waals surface area contributed by atoms with Crippen LogP contribution in [0, 0.1) is 6.92 Å². The molecule has 6 nitrogen and oxygen atoms in total. The van der Waals surface area contributed by atoms with E-state index in [9.17, 15) is 13.2 Å². The van der Waals surface area contributed by atoms with E-state index in [1.807, 2.05) is 56.3 Å². The van der Waals surface area contributed by atoms with Crippen LogP contribution in [0.4, 0.5) is 0 Å². The van der Waals surface area contributed by atoms with Gasteiger partial charge in [-0.2, -0.15) is 9.41 Å². The average Bonchev–Trinajstić information content (AvgIpc) is 2.87. The molecule has 1 N–H and O–H groups in total. The van der Waals surface area contributed by atoms with E-state index >= 15 is 0 Å². The van der Waals surface area contributed by atoms with Crippen molar-refractivity contribution in [1.82, 2.24) is 9.73 Å². The zero-order chi connectivity index (χ0) is 25.0. The summed E-state index contributed by atoms with van der Waals surface area (Å²) in [5, 5.41) is 6.50. The number of hydrogen-bond acceptors (Lipinski definition) is 4. The number of nitrogens with zero attached hydrogens (tertiary/aromatic N) is 2. The number of rotatable bonds is 7. The monoisotopic (exact) mass is 485 g/mol. The third-order valence-corrected chi connectivity index (χ3v) is 7.66. The van der Waals surface area contributed by atoms with E-state index in [1.54, 1.807) is 55.6 Å². The average molecular weight is 486 g/mol. The summed E-state index contributed by atoms with van der Waals surface area (Å²) in [6.45, 7) is 3.95. The molecule has 4 aromatic rings. The molecule has 0 saturated carbocycles. The topological polar surface area (TPSA) is 78.8 Å². The molecule has 0 spiro atoms. The molecule has 0 aliphatic rings. The summed E-state index contributed by atoms with van der Waals surface area (Å²) in [6.07, 6.45) is 0. The fourth-order valence-electron chi connectivity index (χ4n) is 3.67. The maximum Gasteiger partial charge on any atom is 0.271 e. The summed E-state index contributed by atoms with van der Waals surface area (Å²) in [6, 6.07) is 27.7. The Hall–Kier alpha value is -3.81. The van der Waals surface area contributed by atoms with Crippen LogP contribution in [0.2, 0.25) is 0 Å². The number of carbonyl (C=O) groups excluding carboxylic acids is 1. The lowest BCUT2D eigenvalue weighted by atomic mass is 10.0. The standard InChI is InChI=1S/C28H27N3O3S/c1-20-8-16-27(17-9-20)35(33,34)31(3)19-22-10-12-24(13-11-22)28(32)30-29-21(2)25-15-14-23-6-4-5-7-26(23)18-25/h4-18H,19H2,1-3H3,(H,30,32). The van der Waals surface area contributed by atoms with Crippen LogP contribution in [0.3, 0.4) is 0 Å². The van der Waals surface area contributed by atoms with E-state index < -0.39 is 10.0 Å². The van der Waals surface area contributed by atoms with Gasteiger partial charge in [-0.25, -0.2) is 13.8 Å². The van der Waals surface area contributed by atoms with Crippen molar-refractivity contribution in [2.75, 3.05) is 7.05 Å². The molecule has 0 unspecified atom stereocenters. The number of hydrazone groups is 1. The number of amides is 1. The lowest BCUT2D eigenvalue weighted by Gasteiger charge is -2.17. The van der Waals surface area contributed by atoms with Crippen molar-refractivity contribution in [2.24, 2.45) is 5.10 Å². The van der Waals surface area contributed by atoms with Gasteiger partial charge < -0.3 is 0 Å². The first-order valence-corrected chi connectivity index (χ1v) is 12.6. The number of carbonyl (C=O) groups is 1. The minimum atomic E-state index is -3.60. The van der Waals surface area contributed by atoms with Crippen molar-refractivity contribution in [3.8, 4) is 0 Å². The third kappa shape index (κ3) is 5.65. The molecule has 178 valence electrons. The summed E-state index contributed by atoms with van der Waals surface area (Å²) >= 11 is 0. The molecule has 4 aromatic carbocycles. The Morgan fingerprint density at radius 1 is 0.857 bits per heavy atom. The molecule has 1 amide bonds. The number of sulfonamides is 1. The van der Waals surface area contributed by atoms with Crippen molar-refractivity contribution in [3.05, 3.63) is 113 Å². The molecule has 0 fully saturated rings. The van der Waals surface area contributed by atoms with Gasteiger partial charge in [-0.05, 0) is 66.1 Å². The van der Waals surface area contributed by atoms with Gasteiger partial charge in [0.05, 0.1) is 10.6 Å². The van der Waals surface area contributed by atoms with E-state index in [4.69, 9.17) is 0 Å². The molecule has 0 aromatic heterocycles. The Kier molecular flexibility index (Phi) is 7.10. The summed E-state index contributed by atoms with van der Waals surface area (Å²) in [5.41, 5.74) is 6.43. The van der Waals surface area contributed by atoms with E-state index in [2.05, 4.69) is 10.5 Å². The third-order valence-electron chi connectivity index (χ3n) is 5.84. The Labute approximate surface area is 206 Å². The van der Waals surface area contributed by atoms with E-state index in [-0.39, 0.29) is 17.3 Å². The minimum Gasteiger partial charge on any atom is -0.267 e. The SMILES string of the molecule is CC(=NNC(=O)c1ccc(CN(C)S(=O)(=O)c2ccc(C)cc2)cc1)c1ccc2ccccc2c1. The summed E-state index contributed by atoms with van der Waals surface area (Å²) in [4.78, 5) is 12.8. The second-order valence-corrected chi connectivity index (χ2v) is 10.5. The van der Waals surface area contributed by atoms with Crippen LogP contribution in [-0.2, 0) is 16.6 Å². The highest BCUT2D eigenvalue weighted by Crippen LogP contribution is 2.18. The summed E-state index contributed by atoms with van der Waals surface area (Å²) in [7, 11) is -2.06. The van der Waals surface area contributed by atoms with Crippen LogP contribution in [0.15, 0.2) is 101 Å². The number of fused-ring (bicyclic) bond motifs is 1. The lowest BCUT2D eigenvalue weighted by Crippen LogP contribution is -2.26. The van der Waals surface area contributed by atoms with Gasteiger partial charge in [0.15, 0.2) is 0 Å². The van der Waals surface area contributed by atoms with Crippen molar-refractivity contribution in [3.63, 3.8) is 0 Å². The molecule has 0 aliphatic carbocycles. The number of nitrogens with one attached hydrogen (secondary N) is 1. The van der Waals surface area contributed by atoms with Crippen molar-refractivity contribution >= 4 is 32.4 Å². The summed E-state index contributed by atoms with van der Waals surface area (Å²) < 4.78 is 26.9. The first-order chi connectivity index (χ1) is 16.7.